The molecule has 0 spiro atoms. The van der Waals surface area contributed by atoms with Gasteiger partial charge in [-0.25, -0.2) is 0 Å². The van der Waals surface area contributed by atoms with Crippen LogP contribution in [-0.2, 0) is 16.1 Å². The van der Waals surface area contributed by atoms with Crippen LogP contribution in [0.1, 0.15) is 18.4 Å². The van der Waals surface area contributed by atoms with Crippen molar-refractivity contribution in [3.8, 4) is 11.4 Å². The highest BCUT2D eigenvalue weighted by Crippen LogP contribution is 2.26. The van der Waals surface area contributed by atoms with E-state index in [0.29, 0.717) is 11.7 Å². The average molecular weight is 410 g/mol. The predicted octanol–water partition coefficient (Wildman–Crippen LogP) is 3.56. The molecule has 150 valence electrons. The van der Waals surface area contributed by atoms with Gasteiger partial charge in [0.05, 0.1) is 18.4 Å². The normalized spacial score (nSPS) is 16.1. The minimum Gasteiger partial charge on any atom is -0.376 e. The number of benzene rings is 1. The van der Waals surface area contributed by atoms with E-state index in [1.165, 1.54) is 11.8 Å². The topological polar surface area (TPSA) is 81.9 Å². The Morgan fingerprint density at radius 3 is 2.90 bits per heavy atom. The van der Waals surface area contributed by atoms with Crippen LogP contribution in [0.15, 0.2) is 53.9 Å². The van der Waals surface area contributed by atoms with Gasteiger partial charge in [-0.2, -0.15) is 0 Å². The van der Waals surface area contributed by atoms with Crippen LogP contribution in [0.3, 0.4) is 0 Å². The Hall–Kier alpha value is -2.71. The van der Waals surface area contributed by atoms with Crippen LogP contribution in [0.25, 0.3) is 11.4 Å². The third kappa shape index (κ3) is 5.02. The minimum atomic E-state index is -0.0715. The quantitative estimate of drug-likeness (QED) is 0.601. The number of hydrogen-bond acceptors (Lipinski definition) is 6. The number of carbonyl (C=O) groups excluding carboxylic acids is 1. The molecule has 3 aromatic rings. The van der Waals surface area contributed by atoms with E-state index < -0.39 is 0 Å². The monoisotopic (exact) mass is 409 g/mol. The molecule has 1 N–H and O–H groups in total. The van der Waals surface area contributed by atoms with E-state index in [-0.39, 0.29) is 17.8 Å². The molecule has 1 aliphatic heterocycles. The molecule has 1 aliphatic rings. The van der Waals surface area contributed by atoms with E-state index in [9.17, 15) is 4.79 Å². The van der Waals surface area contributed by atoms with Crippen molar-refractivity contribution in [1.82, 2.24) is 19.7 Å². The van der Waals surface area contributed by atoms with Gasteiger partial charge in [-0.15, -0.1) is 10.2 Å². The first kappa shape index (κ1) is 19.6. The average Bonchev–Trinajstić information content (AvgIpc) is 3.38. The summed E-state index contributed by atoms with van der Waals surface area (Å²) >= 11 is 1.38. The number of rotatable bonds is 7. The molecule has 0 saturated carbocycles. The van der Waals surface area contributed by atoms with Gasteiger partial charge in [-0.1, -0.05) is 23.9 Å². The Morgan fingerprint density at radius 1 is 1.28 bits per heavy atom. The van der Waals surface area contributed by atoms with Crippen LogP contribution in [0.2, 0.25) is 0 Å². The maximum absolute atomic E-state index is 12.4. The van der Waals surface area contributed by atoms with Crippen molar-refractivity contribution < 1.29 is 9.53 Å². The highest BCUT2D eigenvalue weighted by atomic mass is 32.2. The van der Waals surface area contributed by atoms with E-state index in [1.807, 2.05) is 43.3 Å². The van der Waals surface area contributed by atoms with Gasteiger partial charge in [0.1, 0.15) is 0 Å². The van der Waals surface area contributed by atoms with Gasteiger partial charge in [0.2, 0.25) is 5.91 Å². The highest BCUT2D eigenvalue weighted by molar-refractivity contribution is 7.99. The highest BCUT2D eigenvalue weighted by Gasteiger charge is 2.22. The zero-order valence-electron chi connectivity index (χ0n) is 16.2. The Labute approximate surface area is 173 Å². The van der Waals surface area contributed by atoms with E-state index >= 15 is 0 Å². The molecule has 1 aromatic carbocycles. The van der Waals surface area contributed by atoms with E-state index in [1.54, 1.807) is 12.4 Å². The number of nitrogens with one attached hydrogen (secondary N) is 1. The number of thioether (sulfide) groups is 1. The van der Waals surface area contributed by atoms with Crippen LogP contribution >= 0.6 is 11.8 Å². The lowest BCUT2D eigenvalue weighted by Crippen LogP contribution is -2.18. The standard InChI is InChI=1S/C21H23N5O2S/c1-15-4-2-5-17(12-15)23-19(27)14-29-21-25-24-20(16-7-9-22-10-8-16)26(21)13-18-6-3-11-28-18/h2,4-5,7-10,12,18H,3,6,11,13-14H2,1H3,(H,23,27)/t18-/m1/s1. The molecule has 0 aliphatic carbocycles. The fraction of sp³-hybridized carbons (Fsp3) is 0.333. The van der Waals surface area contributed by atoms with Gasteiger partial charge in [-0.3, -0.25) is 14.3 Å². The van der Waals surface area contributed by atoms with Crippen LogP contribution in [-0.4, -0.2) is 44.1 Å². The molecule has 1 atom stereocenters. The molecule has 0 unspecified atom stereocenters. The SMILES string of the molecule is Cc1cccc(NC(=O)CSc2nnc(-c3ccncc3)n2C[C@H]2CCCO2)c1. The molecule has 0 bridgehead atoms. The van der Waals surface area contributed by atoms with Crippen molar-refractivity contribution in [3.05, 3.63) is 54.4 Å². The number of aromatic nitrogens is 4. The summed E-state index contributed by atoms with van der Waals surface area (Å²) in [7, 11) is 0. The molecule has 29 heavy (non-hydrogen) atoms. The number of pyridine rings is 1. The van der Waals surface area contributed by atoms with Gasteiger partial charge in [0.25, 0.3) is 0 Å². The fourth-order valence-corrected chi connectivity index (χ4v) is 4.06. The number of anilines is 1. The van der Waals surface area contributed by atoms with Gasteiger partial charge in [0, 0.05) is 30.3 Å². The molecular formula is C21H23N5O2S. The number of ether oxygens (including phenoxy) is 1. The van der Waals surface area contributed by atoms with Crippen molar-refractivity contribution in [3.63, 3.8) is 0 Å². The number of carbonyl (C=O) groups is 1. The Kier molecular flexibility index (Phi) is 6.21. The second-order valence-corrected chi connectivity index (χ2v) is 7.94. The lowest BCUT2D eigenvalue weighted by molar-refractivity contribution is -0.113. The first-order valence-corrected chi connectivity index (χ1v) is 10.6. The first-order valence-electron chi connectivity index (χ1n) is 9.63. The first-order chi connectivity index (χ1) is 14.2. The molecular weight excluding hydrogens is 386 g/mol. The predicted molar refractivity (Wildman–Crippen MR) is 113 cm³/mol. The zero-order valence-corrected chi connectivity index (χ0v) is 17.1. The van der Waals surface area contributed by atoms with Crippen molar-refractivity contribution in [2.45, 2.75) is 37.6 Å². The maximum Gasteiger partial charge on any atom is 0.234 e. The lowest BCUT2D eigenvalue weighted by atomic mass is 10.2. The Morgan fingerprint density at radius 2 is 2.14 bits per heavy atom. The molecule has 8 heteroatoms. The number of aryl methyl sites for hydroxylation is 1. The fourth-order valence-electron chi connectivity index (χ4n) is 3.32. The maximum atomic E-state index is 12.4. The number of nitrogens with zero attached hydrogens (tertiary/aromatic N) is 4. The van der Waals surface area contributed by atoms with Crippen LogP contribution in [0.4, 0.5) is 5.69 Å². The molecule has 1 amide bonds. The summed E-state index contributed by atoms with van der Waals surface area (Å²) in [4.78, 5) is 16.5. The smallest absolute Gasteiger partial charge is 0.234 e. The van der Waals surface area contributed by atoms with Crippen molar-refractivity contribution >= 4 is 23.4 Å². The van der Waals surface area contributed by atoms with Gasteiger partial charge in [-0.05, 0) is 49.6 Å². The molecule has 4 rings (SSSR count). The van der Waals surface area contributed by atoms with Crippen LogP contribution < -0.4 is 5.32 Å². The van der Waals surface area contributed by atoms with E-state index in [0.717, 1.165) is 42.1 Å². The molecule has 1 fully saturated rings. The third-order valence-electron chi connectivity index (χ3n) is 4.70. The van der Waals surface area contributed by atoms with E-state index in [2.05, 4.69) is 25.1 Å². The lowest BCUT2D eigenvalue weighted by Gasteiger charge is -2.14. The summed E-state index contributed by atoms with van der Waals surface area (Å²) < 4.78 is 7.86. The molecule has 1 saturated heterocycles. The van der Waals surface area contributed by atoms with Crippen molar-refractivity contribution in [2.24, 2.45) is 0 Å². The van der Waals surface area contributed by atoms with Crippen LogP contribution in [0.5, 0.6) is 0 Å². The van der Waals surface area contributed by atoms with Crippen molar-refractivity contribution in [1.29, 1.82) is 0 Å². The number of amides is 1. The number of hydrogen-bond donors (Lipinski definition) is 1. The molecule has 7 nitrogen and oxygen atoms in total. The van der Waals surface area contributed by atoms with Crippen molar-refractivity contribution in [2.75, 3.05) is 17.7 Å². The summed E-state index contributed by atoms with van der Waals surface area (Å²) in [5.74, 6) is 0.954. The third-order valence-corrected chi connectivity index (χ3v) is 5.67. The van der Waals surface area contributed by atoms with Gasteiger partial charge in [0.15, 0.2) is 11.0 Å². The second-order valence-electron chi connectivity index (χ2n) is 6.99. The summed E-state index contributed by atoms with van der Waals surface area (Å²) in [6.07, 6.45) is 5.71. The Bertz CT molecular complexity index is 970. The molecule has 2 aromatic heterocycles. The largest absolute Gasteiger partial charge is 0.376 e. The Balaban J connectivity index is 1.48. The van der Waals surface area contributed by atoms with E-state index in [4.69, 9.17) is 4.74 Å². The van der Waals surface area contributed by atoms with Gasteiger partial charge < -0.3 is 10.1 Å². The summed E-state index contributed by atoms with van der Waals surface area (Å²) in [6.45, 7) is 3.46. The van der Waals surface area contributed by atoms with Gasteiger partial charge >= 0.3 is 0 Å². The summed E-state index contributed by atoms with van der Waals surface area (Å²) in [6, 6.07) is 11.6. The molecule has 0 radical (unpaired) electrons. The second kappa shape index (κ2) is 9.19. The summed E-state index contributed by atoms with van der Waals surface area (Å²) in [5, 5.41) is 12.4. The minimum absolute atomic E-state index is 0.0715. The molecule has 3 heterocycles. The van der Waals surface area contributed by atoms with Crippen LogP contribution in [0, 0.1) is 6.92 Å². The summed E-state index contributed by atoms with van der Waals surface area (Å²) in [5.41, 5.74) is 2.85. The zero-order chi connectivity index (χ0) is 20.1.